The van der Waals surface area contributed by atoms with E-state index in [4.69, 9.17) is 9.47 Å². The third-order valence-corrected chi connectivity index (χ3v) is 4.88. The second kappa shape index (κ2) is 14.9. The summed E-state index contributed by atoms with van der Waals surface area (Å²) in [4.78, 5) is 24.0. The molecule has 1 heterocycles. The van der Waals surface area contributed by atoms with Crippen LogP contribution in [0.25, 0.3) is 0 Å². The van der Waals surface area contributed by atoms with Crippen molar-refractivity contribution in [3.8, 4) is 0 Å². The number of esters is 2. The summed E-state index contributed by atoms with van der Waals surface area (Å²) in [5.74, 6) is -1.27. The SMILES string of the molecule is CCCCCCCCOS(=O)(=O)[O-].CCCOC(=O)[C@@](C)(C(=O)OC)n1cc[n+](C)c1. The fraction of sp³-hybridized carbons (Fsp3) is 0.750. The summed E-state index contributed by atoms with van der Waals surface area (Å²) in [5.41, 5.74) is -1.49. The van der Waals surface area contributed by atoms with Gasteiger partial charge in [-0.25, -0.2) is 27.1 Å². The molecule has 1 rings (SSSR count). The maximum absolute atomic E-state index is 12.1. The van der Waals surface area contributed by atoms with Crippen LogP contribution in [0.5, 0.6) is 0 Å². The van der Waals surface area contributed by atoms with E-state index < -0.39 is 27.9 Å². The Morgan fingerprint density at radius 3 is 2.13 bits per heavy atom. The van der Waals surface area contributed by atoms with E-state index >= 15 is 0 Å². The van der Waals surface area contributed by atoms with Crippen LogP contribution in [0.3, 0.4) is 0 Å². The molecule has 0 aromatic carbocycles. The maximum Gasteiger partial charge on any atom is 0.366 e. The molecule has 1 atom stereocenters. The average Bonchev–Trinajstić information content (AvgIpc) is 3.16. The largest absolute Gasteiger partial charge is 0.726 e. The molecule has 0 fully saturated rings. The van der Waals surface area contributed by atoms with Gasteiger partial charge in [0, 0.05) is 6.92 Å². The number of carbonyl (C=O) groups excluding carboxylic acids is 2. The van der Waals surface area contributed by atoms with Crippen LogP contribution in [0.4, 0.5) is 0 Å². The molecule has 180 valence electrons. The predicted molar refractivity (Wildman–Crippen MR) is 112 cm³/mol. The Morgan fingerprint density at radius 2 is 1.65 bits per heavy atom. The lowest BCUT2D eigenvalue weighted by Gasteiger charge is -2.21. The molecule has 0 unspecified atom stereocenters. The number of ether oxygens (including phenoxy) is 2. The quantitative estimate of drug-likeness (QED) is 0.108. The Bertz CT molecular complexity index is 763. The molecule has 0 aliphatic heterocycles. The number of carbonyl (C=O) groups is 2. The topological polar surface area (TPSA) is 128 Å². The maximum atomic E-state index is 12.1. The van der Waals surface area contributed by atoms with Gasteiger partial charge in [0.05, 0.1) is 27.4 Å². The van der Waals surface area contributed by atoms with Gasteiger partial charge in [0.25, 0.3) is 0 Å². The third kappa shape index (κ3) is 11.3. The molecule has 10 nitrogen and oxygen atoms in total. The van der Waals surface area contributed by atoms with Crippen molar-refractivity contribution in [1.29, 1.82) is 0 Å². The van der Waals surface area contributed by atoms with E-state index in [1.54, 1.807) is 30.3 Å². The van der Waals surface area contributed by atoms with Crippen molar-refractivity contribution in [2.45, 2.75) is 71.3 Å². The van der Waals surface area contributed by atoms with E-state index in [0.717, 1.165) is 12.8 Å². The highest BCUT2D eigenvalue weighted by Crippen LogP contribution is 2.19. The molecule has 11 heteroatoms. The molecule has 0 radical (unpaired) electrons. The number of hydrogen-bond acceptors (Lipinski definition) is 8. The first kappa shape index (κ1) is 29.0. The Kier molecular flexibility index (Phi) is 14.0. The molecule has 0 aliphatic rings. The summed E-state index contributed by atoms with van der Waals surface area (Å²) in [7, 11) is -1.43. The highest BCUT2D eigenvalue weighted by atomic mass is 32.3. The second-order valence-corrected chi connectivity index (χ2v) is 8.24. The Hall–Kier alpha value is -1.98. The van der Waals surface area contributed by atoms with Gasteiger partial charge < -0.3 is 14.0 Å². The van der Waals surface area contributed by atoms with E-state index in [2.05, 4.69) is 11.1 Å². The van der Waals surface area contributed by atoms with Crippen molar-refractivity contribution in [2.24, 2.45) is 7.05 Å². The molecule has 0 bridgehead atoms. The molecule has 31 heavy (non-hydrogen) atoms. The first-order valence-electron chi connectivity index (χ1n) is 10.4. The summed E-state index contributed by atoms with van der Waals surface area (Å²) in [6.45, 7) is 5.80. The number of nitrogens with zero attached hydrogens (tertiary/aromatic N) is 2. The van der Waals surface area contributed by atoms with Gasteiger partial charge in [-0.15, -0.1) is 0 Å². The Balaban J connectivity index is 0.000000615. The minimum atomic E-state index is -4.47. The zero-order valence-electron chi connectivity index (χ0n) is 19.2. The van der Waals surface area contributed by atoms with E-state index in [1.165, 1.54) is 37.9 Å². The van der Waals surface area contributed by atoms with Gasteiger partial charge in [-0.1, -0.05) is 46.0 Å². The van der Waals surface area contributed by atoms with Gasteiger partial charge >= 0.3 is 17.5 Å². The average molecular weight is 465 g/mol. The summed E-state index contributed by atoms with van der Waals surface area (Å²) in [6, 6.07) is 0. The molecule has 0 spiro atoms. The molecule has 0 saturated heterocycles. The van der Waals surface area contributed by atoms with Crippen LogP contribution in [-0.4, -0.2) is 49.8 Å². The van der Waals surface area contributed by atoms with Crippen molar-refractivity contribution < 1.29 is 40.8 Å². The van der Waals surface area contributed by atoms with Gasteiger partial charge in [0.15, 0.2) is 0 Å². The van der Waals surface area contributed by atoms with Crippen LogP contribution in [0.15, 0.2) is 18.7 Å². The molecule has 1 aromatic heterocycles. The molecular formula is C20H36N2O8S. The lowest BCUT2D eigenvalue weighted by molar-refractivity contribution is -0.671. The van der Waals surface area contributed by atoms with Crippen molar-refractivity contribution in [2.75, 3.05) is 20.3 Å². The Labute approximate surface area is 185 Å². The fourth-order valence-corrected chi connectivity index (χ4v) is 2.91. The van der Waals surface area contributed by atoms with E-state index in [-0.39, 0.29) is 13.2 Å². The van der Waals surface area contributed by atoms with Crippen molar-refractivity contribution in [1.82, 2.24) is 4.57 Å². The lowest BCUT2D eigenvalue weighted by Crippen LogP contribution is -2.48. The van der Waals surface area contributed by atoms with Crippen LogP contribution < -0.4 is 4.57 Å². The van der Waals surface area contributed by atoms with Gasteiger partial charge in [0.2, 0.25) is 16.7 Å². The number of aromatic nitrogens is 2. The number of unbranched alkanes of at least 4 members (excludes halogenated alkanes) is 5. The van der Waals surface area contributed by atoms with Gasteiger partial charge in [-0.2, -0.15) is 0 Å². The molecule has 0 aliphatic carbocycles. The zero-order valence-corrected chi connectivity index (χ0v) is 20.0. The van der Waals surface area contributed by atoms with E-state index in [1.807, 2.05) is 6.92 Å². The normalized spacial score (nSPS) is 13.0. The van der Waals surface area contributed by atoms with Gasteiger partial charge in [-0.3, -0.25) is 4.18 Å². The standard InChI is InChI=1S/C12H19N2O4.C8H18O4S/c1-5-8-18-11(16)12(2,10(15)17-4)14-7-6-13(3)9-14;1-2-3-4-5-6-7-8-12-13(9,10)11/h6-7,9H,5,8H2,1-4H3;2-8H2,1H3,(H,9,10,11)/q+1;/p-1/t12-;/m1./s1. The summed E-state index contributed by atoms with van der Waals surface area (Å²) in [5, 5.41) is 0. The van der Waals surface area contributed by atoms with Crippen molar-refractivity contribution in [3.63, 3.8) is 0 Å². The first-order valence-corrected chi connectivity index (χ1v) is 11.8. The molecule has 0 amide bonds. The molecular weight excluding hydrogens is 428 g/mol. The number of rotatable bonds is 13. The van der Waals surface area contributed by atoms with Crippen LogP contribution in [0.2, 0.25) is 0 Å². The minimum Gasteiger partial charge on any atom is -0.726 e. The summed E-state index contributed by atoms with van der Waals surface area (Å²) >= 11 is 0. The third-order valence-electron chi connectivity index (χ3n) is 4.43. The van der Waals surface area contributed by atoms with Gasteiger partial charge in [0.1, 0.15) is 12.4 Å². The minimum absolute atomic E-state index is 0.0258. The predicted octanol–water partition coefficient (Wildman–Crippen LogP) is 1.98. The van der Waals surface area contributed by atoms with Crippen LogP contribution in [0.1, 0.15) is 65.7 Å². The molecule has 1 aromatic rings. The van der Waals surface area contributed by atoms with Crippen molar-refractivity contribution in [3.05, 3.63) is 18.7 Å². The Morgan fingerprint density at radius 1 is 1.03 bits per heavy atom. The monoisotopic (exact) mass is 464 g/mol. The van der Waals surface area contributed by atoms with E-state index in [0.29, 0.717) is 12.8 Å². The second-order valence-electron chi connectivity index (χ2n) is 7.18. The van der Waals surface area contributed by atoms with Gasteiger partial charge in [-0.05, 0) is 12.8 Å². The highest BCUT2D eigenvalue weighted by molar-refractivity contribution is 7.80. The number of methoxy groups -OCH3 is 1. The van der Waals surface area contributed by atoms with Crippen LogP contribution in [-0.2, 0) is 46.2 Å². The lowest BCUT2D eigenvalue weighted by atomic mass is 10.0. The zero-order chi connectivity index (χ0) is 23.9. The summed E-state index contributed by atoms with van der Waals surface area (Å²) in [6.07, 6.45) is 11.9. The number of imidazole rings is 1. The molecule has 0 N–H and O–H groups in total. The fourth-order valence-electron chi connectivity index (χ4n) is 2.59. The van der Waals surface area contributed by atoms with Crippen LogP contribution in [0, 0.1) is 0 Å². The van der Waals surface area contributed by atoms with Crippen molar-refractivity contribution >= 4 is 22.3 Å². The summed E-state index contributed by atoms with van der Waals surface area (Å²) < 4.78 is 47.0. The first-order chi connectivity index (χ1) is 14.5. The van der Waals surface area contributed by atoms with Crippen LogP contribution >= 0.6 is 0 Å². The number of hydrogen-bond donors (Lipinski definition) is 0. The number of aryl methyl sites for hydroxylation is 1. The highest BCUT2D eigenvalue weighted by Gasteiger charge is 2.50. The van der Waals surface area contributed by atoms with E-state index in [9.17, 15) is 22.6 Å². The molecule has 0 saturated carbocycles. The smallest absolute Gasteiger partial charge is 0.366 e.